The molecule has 0 saturated carbocycles. The molecule has 2 aliphatic rings. The smallest absolute Gasteiger partial charge is 0.198 e. The summed E-state index contributed by atoms with van der Waals surface area (Å²) in [5, 5.41) is 14.0. The molecule has 2 heterocycles. The molecule has 2 fully saturated rings. The van der Waals surface area contributed by atoms with Gasteiger partial charge in [0.2, 0.25) is 0 Å². The van der Waals surface area contributed by atoms with E-state index in [0.717, 1.165) is 42.7 Å². The van der Waals surface area contributed by atoms with Gasteiger partial charge in [-0.1, -0.05) is 18.2 Å². The Kier molecular flexibility index (Phi) is 5.26. The number of aliphatic imine (C=N–C) groups is 1. The third-order valence-corrected chi connectivity index (χ3v) is 5.53. The Morgan fingerprint density at radius 3 is 2.68 bits per heavy atom. The van der Waals surface area contributed by atoms with Gasteiger partial charge in [-0.05, 0) is 43.6 Å². The Balaban J connectivity index is 1.72. The fourth-order valence-corrected chi connectivity index (χ4v) is 4.20. The molecule has 0 spiro atoms. The summed E-state index contributed by atoms with van der Waals surface area (Å²) in [5.41, 5.74) is 0.434. The molecule has 2 saturated heterocycles. The van der Waals surface area contributed by atoms with E-state index >= 15 is 0 Å². The summed E-state index contributed by atoms with van der Waals surface area (Å²) in [6.07, 6.45) is 4.58. The lowest BCUT2D eigenvalue weighted by atomic mass is 10.0. The van der Waals surface area contributed by atoms with Gasteiger partial charge in [0.05, 0.1) is 12.1 Å². The zero-order valence-corrected chi connectivity index (χ0v) is 13.8. The van der Waals surface area contributed by atoms with Crippen LogP contribution in [0.2, 0.25) is 0 Å². The second kappa shape index (κ2) is 7.38. The highest BCUT2D eigenvalue weighted by Crippen LogP contribution is 2.28. The van der Waals surface area contributed by atoms with Crippen LogP contribution in [0.15, 0.2) is 35.3 Å². The molecule has 0 aliphatic carbocycles. The first-order valence-corrected chi connectivity index (χ1v) is 9.32. The van der Waals surface area contributed by atoms with Gasteiger partial charge in [-0.15, -0.1) is 0 Å². The molecular weight excluding hydrogens is 294 g/mol. The minimum Gasteiger partial charge on any atom is -0.387 e. The standard InChI is InChI=1S/C17H25N3OS/c21-17(9-12-22-14-17)13-18-16(20-10-5-2-6-11-20)19-15-7-3-1-4-8-15/h1,3-4,7-8,21H,2,5-6,9-14H2,(H,18,19). The summed E-state index contributed by atoms with van der Waals surface area (Å²) >= 11 is 1.82. The van der Waals surface area contributed by atoms with Crippen molar-refractivity contribution in [3.05, 3.63) is 30.3 Å². The lowest BCUT2D eigenvalue weighted by Gasteiger charge is -2.31. The molecule has 0 amide bonds. The summed E-state index contributed by atoms with van der Waals surface area (Å²) in [5.74, 6) is 2.75. The fraction of sp³-hybridized carbons (Fsp3) is 0.588. The topological polar surface area (TPSA) is 47.9 Å². The lowest BCUT2D eigenvalue weighted by Crippen LogP contribution is -2.42. The number of rotatable bonds is 3. The largest absolute Gasteiger partial charge is 0.387 e. The molecule has 0 bridgehead atoms. The van der Waals surface area contributed by atoms with Crippen molar-refractivity contribution in [2.75, 3.05) is 36.5 Å². The summed E-state index contributed by atoms with van der Waals surface area (Å²) in [7, 11) is 0. The van der Waals surface area contributed by atoms with Gasteiger partial charge in [0, 0.05) is 24.5 Å². The maximum absolute atomic E-state index is 10.5. The van der Waals surface area contributed by atoms with Crippen molar-refractivity contribution in [3.63, 3.8) is 0 Å². The number of benzene rings is 1. The van der Waals surface area contributed by atoms with Gasteiger partial charge in [-0.2, -0.15) is 11.8 Å². The van der Waals surface area contributed by atoms with Gasteiger partial charge in [0.1, 0.15) is 0 Å². The van der Waals surface area contributed by atoms with Crippen molar-refractivity contribution in [2.45, 2.75) is 31.3 Å². The fourth-order valence-electron chi connectivity index (χ4n) is 2.92. The van der Waals surface area contributed by atoms with Crippen LogP contribution in [-0.2, 0) is 0 Å². The normalized spacial score (nSPS) is 26.2. The van der Waals surface area contributed by atoms with E-state index in [-0.39, 0.29) is 0 Å². The molecule has 4 nitrogen and oxygen atoms in total. The molecule has 120 valence electrons. The third-order valence-electron chi connectivity index (χ3n) is 4.29. The van der Waals surface area contributed by atoms with Gasteiger partial charge in [-0.25, -0.2) is 4.99 Å². The molecule has 5 heteroatoms. The summed E-state index contributed by atoms with van der Waals surface area (Å²) in [6, 6.07) is 10.2. The van der Waals surface area contributed by atoms with Crippen molar-refractivity contribution in [1.82, 2.24) is 4.90 Å². The zero-order chi connectivity index (χ0) is 15.3. The SMILES string of the molecule is OC1(CN=C(Nc2ccccc2)N2CCCCC2)CCSC1. The summed E-state index contributed by atoms with van der Waals surface area (Å²) < 4.78 is 0. The molecule has 3 rings (SSSR count). The van der Waals surface area contributed by atoms with Crippen LogP contribution in [0, 0.1) is 0 Å². The average Bonchev–Trinajstić information content (AvgIpc) is 3.00. The lowest BCUT2D eigenvalue weighted by molar-refractivity contribution is 0.0776. The van der Waals surface area contributed by atoms with Crippen LogP contribution in [0.4, 0.5) is 5.69 Å². The number of hydrogen-bond donors (Lipinski definition) is 2. The highest BCUT2D eigenvalue weighted by atomic mass is 32.2. The third kappa shape index (κ3) is 4.17. The van der Waals surface area contributed by atoms with Gasteiger partial charge in [0.15, 0.2) is 5.96 Å². The predicted octanol–water partition coefficient (Wildman–Crippen LogP) is 2.81. The van der Waals surface area contributed by atoms with Crippen molar-refractivity contribution < 1.29 is 5.11 Å². The number of thioether (sulfide) groups is 1. The number of aliphatic hydroxyl groups is 1. The number of piperidine rings is 1. The number of para-hydroxylation sites is 1. The Morgan fingerprint density at radius 2 is 2.00 bits per heavy atom. The Morgan fingerprint density at radius 1 is 1.23 bits per heavy atom. The Hall–Kier alpha value is -1.20. The monoisotopic (exact) mass is 319 g/mol. The molecule has 1 unspecified atom stereocenters. The van der Waals surface area contributed by atoms with Gasteiger partial charge < -0.3 is 15.3 Å². The van der Waals surface area contributed by atoms with Crippen molar-refractivity contribution >= 4 is 23.4 Å². The zero-order valence-electron chi connectivity index (χ0n) is 13.0. The highest BCUT2D eigenvalue weighted by Gasteiger charge is 2.31. The van der Waals surface area contributed by atoms with E-state index in [1.165, 1.54) is 19.3 Å². The van der Waals surface area contributed by atoms with Crippen LogP contribution in [0.5, 0.6) is 0 Å². The summed E-state index contributed by atoms with van der Waals surface area (Å²) in [6.45, 7) is 2.59. The molecule has 1 aromatic rings. The van der Waals surface area contributed by atoms with E-state index in [2.05, 4.69) is 22.3 Å². The average molecular weight is 319 g/mol. The Bertz CT molecular complexity index is 494. The number of nitrogens with zero attached hydrogens (tertiary/aromatic N) is 2. The van der Waals surface area contributed by atoms with Gasteiger partial charge >= 0.3 is 0 Å². The van der Waals surface area contributed by atoms with Crippen LogP contribution in [0.25, 0.3) is 0 Å². The van der Waals surface area contributed by atoms with E-state index in [1.54, 1.807) is 0 Å². The number of hydrogen-bond acceptors (Lipinski definition) is 3. The first-order chi connectivity index (χ1) is 10.8. The first kappa shape index (κ1) is 15.7. The van der Waals surface area contributed by atoms with Crippen LogP contribution in [-0.4, -0.2) is 52.7 Å². The molecule has 2 aliphatic heterocycles. The van der Waals surface area contributed by atoms with E-state index in [4.69, 9.17) is 4.99 Å². The second-order valence-corrected chi connectivity index (χ2v) is 7.31. The molecule has 1 aromatic carbocycles. The van der Waals surface area contributed by atoms with Gasteiger partial charge in [0.25, 0.3) is 0 Å². The molecule has 0 aromatic heterocycles. The second-order valence-electron chi connectivity index (χ2n) is 6.21. The number of likely N-dealkylation sites (tertiary alicyclic amines) is 1. The van der Waals surface area contributed by atoms with Crippen molar-refractivity contribution in [2.24, 2.45) is 4.99 Å². The highest BCUT2D eigenvalue weighted by molar-refractivity contribution is 7.99. The van der Waals surface area contributed by atoms with Gasteiger partial charge in [-0.3, -0.25) is 0 Å². The molecule has 0 radical (unpaired) electrons. The Labute approximate surface area is 137 Å². The van der Waals surface area contributed by atoms with Crippen molar-refractivity contribution in [1.29, 1.82) is 0 Å². The van der Waals surface area contributed by atoms with E-state index in [1.807, 2.05) is 30.0 Å². The molecule has 22 heavy (non-hydrogen) atoms. The predicted molar refractivity (Wildman–Crippen MR) is 94.7 cm³/mol. The minimum atomic E-state index is -0.621. The molecule has 2 N–H and O–H groups in total. The van der Waals surface area contributed by atoms with Crippen molar-refractivity contribution in [3.8, 4) is 0 Å². The quantitative estimate of drug-likeness (QED) is 0.664. The van der Waals surface area contributed by atoms with E-state index in [0.29, 0.717) is 6.54 Å². The summed E-state index contributed by atoms with van der Waals surface area (Å²) in [4.78, 5) is 7.09. The maximum Gasteiger partial charge on any atom is 0.198 e. The molecule has 1 atom stereocenters. The van der Waals surface area contributed by atoms with Crippen LogP contribution >= 0.6 is 11.8 Å². The number of guanidine groups is 1. The first-order valence-electron chi connectivity index (χ1n) is 8.17. The van der Waals surface area contributed by atoms with Crippen LogP contribution in [0.1, 0.15) is 25.7 Å². The molecular formula is C17H25N3OS. The number of anilines is 1. The number of nitrogens with one attached hydrogen (secondary N) is 1. The van der Waals surface area contributed by atoms with Crippen LogP contribution < -0.4 is 5.32 Å². The minimum absolute atomic E-state index is 0.492. The maximum atomic E-state index is 10.5. The van der Waals surface area contributed by atoms with E-state index < -0.39 is 5.60 Å². The van der Waals surface area contributed by atoms with Crippen LogP contribution in [0.3, 0.4) is 0 Å². The van der Waals surface area contributed by atoms with E-state index in [9.17, 15) is 5.11 Å².